The van der Waals surface area contributed by atoms with E-state index in [4.69, 9.17) is 0 Å². The van der Waals surface area contributed by atoms with E-state index in [1.807, 2.05) is 0 Å². The van der Waals surface area contributed by atoms with Crippen molar-refractivity contribution in [3.05, 3.63) is 0 Å². The van der Waals surface area contributed by atoms with Crippen LogP contribution in [0, 0.1) is 5.92 Å². The third-order valence-corrected chi connectivity index (χ3v) is 2.60. The summed E-state index contributed by atoms with van der Waals surface area (Å²) in [4.78, 5) is 23.9. The minimum Gasteiger partial charge on any atom is -0.343 e. The molecule has 0 aromatic rings. The number of nitrogens with one attached hydrogen (secondary N) is 1. The van der Waals surface area contributed by atoms with Gasteiger partial charge >= 0.3 is 6.18 Å². The Morgan fingerprint density at radius 1 is 1.35 bits per heavy atom. The highest BCUT2D eigenvalue weighted by atomic mass is 19.4. The number of halogens is 3. The van der Waals surface area contributed by atoms with Crippen LogP contribution >= 0.6 is 0 Å². The minimum absolute atomic E-state index is 0.367. The number of carbonyl (C=O) groups is 2. The number of amides is 2. The first-order valence-corrected chi connectivity index (χ1v) is 5.31. The van der Waals surface area contributed by atoms with E-state index in [9.17, 15) is 22.8 Å². The van der Waals surface area contributed by atoms with Gasteiger partial charge in [-0.25, -0.2) is 0 Å². The van der Waals surface area contributed by atoms with Gasteiger partial charge in [-0.05, 0) is 12.8 Å². The van der Waals surface area contributed by atoms with Crippen molar-refractivity contribution in [3.63, 3.8) is 0 Å². The maximum Gasteiger partial charge on any atom is 0.406 e. The fourth-order valence-corrected chi connectivity index (χ4v) is 1.92. The van der Waals surface area contributed by atoms with Crippen LogP contribution in [0.2, 0.25) is 0 Å². The summed E-state index contributed by atoms with van der Waals surface area (Å²) in [5, 5.41) is 2.38. The molecule has 2 amide bonds. The molecule has 0 aromatic carbocycles. The lowest BCUT2D eigenvalue weighted by molar-refractivity contribution is -0.175. The quantitative estimate of drug-likeness (QED) is 0.794. The number of hydrogen-bond acceptors (Lipinski definition) is 2. The monoisotopic (exact) mass is 252 g/mol. The molecule has 1 N–H and O–H groups in total. The molecule has 1 saturated heterocycles. The fourth-order valence-electron chi connectivity index (χ4n) is 1.92. The predicted molar refractivity (Wildman–Crippen MR) is 54.0 cm³/mol. The van der Waals surface area contributed by atoms with Crippen LogP contribution < -0.4 is 5.32 Å². The van der Waals surface area contributed by atoms with Crippen LogP contribution in [0.3, 0.4) is 0 Å². The molecular weight excluding hydrogens is 237 g/mol. The van der Waals surface area contributed by atoms with Crippen LogP contribution in [0.25, 0.3) is 0 Å². The third-order valence-electron chi connectivity index (χ3n) is 2.60. The number of rotatable bonds is 2. The molecule has 1 aliphatic heterocycles. The molecule has 0 saturated carbocycles. The van der Waals surface area contributed by atoms with Gasteiger partial charge < -0.3 is 10.2 Å². The van der Waals surface area contributed by atoms with E-state index in [-0.39, 0.29) is 5.92 Å². The van der Waals surface area contributed by atoms with Gasteiger partial charge in [0.2, 0.25) is 11.8 Å². The van der Waals surface area contributed by atoms with E-state index in [1.54, 1.807) is 13.8 Å². The van der Waals surface area contributed by atoms with Gasteiger partial charge in [-0.3, -0.25) is 9.59 Å². The molecule has 17 heavy (non-hydrogen) atoms. The lowest BCUT2D eigenvalue weighted by Gasteiger charge is -2.40. The van der Waals surface area contributed by atoms with E-state index in [1.165, 1.54) is 6.92 Å². The summed E-state index contributed by atoms with van der Waals surface area (Å²) in [6.45, 7) is 3.21. The number of nitrogens with zero attached hydrogens (tertiary/aromatic N) is 1. The average molecular weight is 252 g/mol. The molecule has 0 bridgehead atoms. The summed E-state index contributed by atoms with van der Waals surface area (Å²) in [5.41, 5.74) is 0. The van der Waals surface area contributed by atoms with Gasteiger partial charge in [-0.15, -0.1) is 0 Å². The SMILES string of the molecule is CC1NC(=O)C(C(C)C)N(CC(F)(F)F)C1=O. The van der Waals surface area contributed by atoms with Crippen molar-refractivity contribution < 1.29 is 22.8 Å². The molecule has 1 aliphatic rings. The van der Waals surface area contributed by atoms with Gasteiger partial charge in [0.15, 0.2) is 0 Å². The zero-order valence-electron chi connectivity index (χ0n) is 9.84. The molecule has 98 valence electrons. The molecule has 1 fully saturated rings. The zero-order valence-corrected chi connectivity index (χ0v) is 9.84. The van der Waals surface area contributed by atoms with E-state index in [0.29, 0.717) is 4.90 Å². The van der Waals surface area contributed by atoms with Crippen LogP contribution in [-0.2, 0) is 9.59 Å². The molecule has 4 nitrogen and oxygen atoms in total. The van der Waals surface area contributed by atoms with Gasteiger partial charge in [-0.2, -0.15) is 13.2 Å². The number of piperazine rings is 1. The van der Waals surface area contributed by atoms with Crippen molar-refractivity contribution in [1.82, 2.24) is 10.2 Å². The Kier molecular flexibility index (Phi) is 3.68. The number of alkyl halides is 3. The summed E-state index contributed by atoms with van der Waals surface area (Å²) < 4.78 is 37.1. The maximum atomic E-state index is 12.4. The largest absolute Gasteiger partial charge is 0.406 e. The molecule has 2 atom stereocenters. The second-order valence-corrected chi connectivity index (χ2v) is 4.50. The average Bonchev–Trinajstić information content (AvgIpc) is 2.10. The predicted octanol–water partition coefficient (Wildman–Crippen LogP) is 0.920. The van der Waals surface area contributed by atoms with Crippen molar-refractivity contribution in [1.29, 1.82) is 0 Å². The first-order chi connectivity index (χ1) is 7.63. The topological polar surface area (TPSA) is 49.4 Å². The van der Waals surface area contributed by atoms with Crippen LogP contribution in [0.15, 0.2) is 0 Å². The van der Waals surface area contributed by atoms with Crippen molar-refractivity contribution in [2.75, 3.05) is 6.54 Å². The summed E-state index contributed by atoms with van der Waals surface area (Å²) in [5.74, 6) is -1.59. The van der Waals surface area contributed by atoms with Gasteiger partial charge in [0, 0.05) is 0 Å². The second-order valence-electron chi connectivity index (χ2n) is 4.50. The van der Waals surface area contributed by atoms with Crippen LogP contribution in [-0.4, -0.2) is 41.5 Å². The summed E-state index contributed by atoms with van der Waals surface area (Å²) in [6, 6.07) is -1.96. The number of hydrogen-bond donors (Lipinski definition) is 1. The second kappa shape index (κ2) is 4.54. The van der Waals surface area contributed by atoms with E-state index >= 15 is 0 Å². The van der Waals surface area contributed by atoms with E-state index < -0.39 is 36.6 Å². The molecule has 1 heterocycles. The van der Waals surface area contributed by atoms with Crippen LogP contribution in [0.4, 0.5) is 13.2 Å². The Morgan fingerprint density at radius 3 is 2.29 bits per heavy atom. The van der Waals surface area contributed by atoms with Crippen molar-refractivity contribution in [3.8, 4) is 0 Å². The zero-order chi connectivity index (χ0) is 13.4. The summed E-state index contributed by atoms with van der Waals surface area (Å²) in [7, 11) is 0. The van der Waals surface area contributed by atoms with E-state index in [0.717, 1.165) is 0 Å². The molecule has 0 aliphatic carbocycles. The highest BCUT2D eigenvalue weighted by Gasteiger charge is 2.45. The van der Waals surface area contributed by atoms with Crippen molar-refractivity contribution in [2.45, 2.75) is 39.0 Å². The van der Waals surface area contributed by atoms with Gasteiger partial charge in [-0.1, -0.05) is 13.8 Å². The summed E-state index contributed by atoms with van der Waals surface area (Å²) in [6.07, 6.45) is -4.50. The lowest BCUT2D eigenvalue weighted by Crippen LogP contribution is -2.65. The fraction of sp³-hybridized carbons (Fsp3) is 0.800. The van der Waals surface area contributed by atoms with Gasteiger partial charge in [0.25, 0.3) is 0 Å². The minimum atomic E-state index is -4.50. The van der Waals surface area contributed by atoms with Gasteiger partial charge in [0.1, 0.15) is 18.6 Å². The Balaban J connectivity index is 2.99. The highest BCUT2D eigenvalue weighted by Crippen LogP contribution is 2.23. The van der Waals surface area contributed by atoms with E-state index in [2.05, 4.69) is 5.32 Å². The molecule has 7 heteroatoms. The highest BCUT2D eigenvalue weighted by molar-refractivity contribution is 5.96. The Bertz CT molecular complexity index is 328. The normalized spacial score (nSPS) is 26.4. The van der Waals surface area contributed by atoms with Gasteiger partial charge in [0.05, 0.1) is 0 Å². The third kappa shape index (κ3) is 3.10. The standard InChI is InChI=1S/C10H15F3N2O2/c1-5(2)7-8(16)14-6(3)9(17)15(7)4-10(11,12)13/h5-7H,4H2,1-3H3,(H,14,16). The summed E-state index contributed by atoms with van der Waals surface area (Å²) >= 11 is 0. The smallest absolute Gasteiger partial charge is 0.343 e. The maximum absolute atomic E-state index is 12.4. The van der Waals surface area contributed by atoms with Crippen LogP contribution in [0.1, 0.15) is 20.8 Å². The Labute approximate surface area is 97.1 Å². The van der Waals surface area contributed by atoms with Crippen LogP contribution in [0.5, 0.6) is 0 Å². The first kappa shape index (κ1) is 13.8. The Hall–Kier alpha value is -1.27. The number of carbonyl (C=O) groups excluding carboxylic acids is 2. The van der Waals surface area contributed by atoms with Crippen molar-refractivity contribution >= 4 is 11.8 Å². The molecule has 1 rings (SSSR count). The molecule has 0 aromatic heterocycles. The first-order valence-electron chi connectivity index (χ1n) is 5.31. The Morgan fingerprint density at radius 2 is 1.88 bits per heavy atom. The molecule has 2 unspecified atom stereocenters. The lowest BCUT2D eigenvalue weighted by atomic mass is 9.97. The molecule has 0 radical (unpaired) electrons. The molecular formula is C10H15F3N2O2. The van der Waals surface area contributed by atoms with Crippen molar-refractivity contribution in [2.24, 2.45) is 5.92 Å². The molecule has 0 spiro atoms.